The van der Waals surface area contributed by atoms with Crippen LogP contribution in [0.2, 0.25) is 5.02 Å². The van der Waals surface area contributed by atoms with E-state index in [1.165, 1.54) is 0 Å². The summed E-state index contributed by atoms with van der Waals surface area (Å²) >= 11 is 6.42. The quantitative estimate of drug-likeness (QED) is 0.237. The third-order valence-electron chi connectivity index (χ3n) is 5.88. The molecule has 0 saturated heterocycles. The largest absolute Gasteiger partial charge is 0.476 e. The molecule has 0 unspecified atom stereocenters. The van der Waals surface area contributed by atoms with E-state index in [1.54, 1.807) is 54.6 Å². The van der Waals surface area contributed by atoms with Crippen molar-refractivity contribution in [3.05, 3.63) is 117 Å². The summed E-state index contributed by atoms with van der Waals surface area (Å²) in [5.74, 6) is 1.01. The first-order chi connectivity index (χ1) is 18.4. The summed E-state index contributed by atoms with van der Waals surface area (Å²) in [6.45, 7) is 3.36. The molecule has 1 heterocycles. The van der Waals surface area contributed by atoms with Crippen LogP contribution in [-0.2, 0) is 4.79 Å². The van der Waals surface area contributed by atoms with Crippen LogP contribution in [0.3, 0.4) is 0 Å². The molecule has 0 aliphatic heterocycles. The predicted octanol–water partition coefficient (Wildman–Crippen LogP) is 7.54. The summed E-state index contributed by atoms with van der Waals surface area (Å²) in [5.41, 5.74) is 2.83. The van der Waals surface area contributed by atoms with Gasteiger partial charge in [-0.05, 0) is 79.6 Å². The first-order valence-electron chi connectivity index (χ1n) is 12.0. The fourth-order valence-corrected chi connectivity index (χ4v) is 4.41. The van der Waals surface area contributed by atoms with Crippen LogP contribution in [0.5, 0.6) is 17.2 Å². The first kappa shape index (κ1) is 25.1. The lowest BCUT2D eigenvalue weighted by molar-refractivity contribution is -0.118. The van der Waals surface area contributed by atoms with Crippen molar-refractivity contribution in [1.29, 1.82) is 0 Å². The van der Waals surface area contributed by atoms with Crippen molar-refractivity contribution in [2.24, 2.45) is 0 Å². The number of aryl methyl sites for hydroxylation is 2. The van der Waals surface area contributed by atoms with Crippen molar-refractivity contribution in [3.8, 4) is 28.6 Å². The Morgan fingerprint density at radius 1 is 0.895 bits per heavy atom. The normalized spacial score (nSPS) is 10.8. The number of benzene rings is 4. The van der Waals surface area contributed by atoms with E-state index in [1.807, 2.05) is 50.2 Å². The van der Waals surface area contributed by atoms with Crippen molar-refractivity contribution in [2.75, 3.05) is 11.9 Å². The van der Waals surface area contributed by atoms with E-state index in [4.69, 9.17) is 25.5 Å². The number of carbonyl (C=O) groups excluding carboxylic acids is 1. The number of hydrogen-bond donors (Lipinski definition) is 1. The lowest BCUT2D eigenvalue weighted by Crippen LogP contribution is -2.22. The van der Waals surface area contributed by atoms with Crippen molar-refractivity contribution in [1.82, 2.24) is 0 Å². The molecule has 7 heteroatoms. The fraction of sp³-hybridized carbons (Fsp3) is 0.0968. The van der Waals surface area contributed by atoms with Gasteiger partial charge >= 0.3 is 0 Å². The summed E-state index contributed by atoms with van der Waals surface area (Å²) in [5, 5.41) is 3.56. The highest BCUT2D eigenvalue weighted by atomic mass is 35.5. The number of carbonyl (C=O) groups is 1. The standard InChI is InChI=1S/C31H24ClNO5/c1-19-16-20(2)28-26(17-19)38-30(24-10-6-7-11-25(24)32)31(29(28)35)36-18-27(34)33-21-12-14-23(15-13-21)37-22-8-4-3-5-9-22/h3-17H,18H2,1-2H3,(H,33,34). The SMILES string of the molecule is Cc1cc(C)c2c(=O)c(OCC(=O)Nc3ccc(Oc4ccccc4)cc3)c(-c3ccccc3Cl)oc2c1. The van der Waals surface area contributed by atoms with E-state index in [9.17, 15) is 9.59 Å². The summed E-state index contributed by atoms with van der Waals surface area (Å²) in [6.07, 6.45) is 0. The second-order valence-corrected chi connectivity index (χ2v) is 9.21. The molecule has 0 fully saturated rings. The summed E-state index contributed by atoms with van der Waals surface area (Å²) in [4.78, 5) is 26.3. The highest BCUT2D eigenvalue weighted by molar-refractivity contribution is 6.33. The Bertz CT molecular complexity index is 1680. The summed E-state index contributed by atoms with van der Waals surface area (Å²) in [7, 11) is 0. The van der Waals surface area contributed by atoms with Gasteiger partial charge in [0.25, 0.3) is 5.91 Å². The molecule has 0 aliphatic carbocycles. The predicted molar refractivity (Wildman–Crippen MR) is 149 cm³/mol. The number of anilines is 1. The molecule has 190 valence electrons. The van der Waals surface area contributed by atoms with Gasteiger partial charge in [0.2, 0.25) is 11.2 Å². The summed E-state index contributed by atoms with van der Waals surface area (Å²) in [6, 6.07) is 27.1. The van der Waals surface area contributed by atoms with Crippen LogP contribution in [0.25, 0.3) is 22.3 Å². The van der Waals surface area contributed by atoms with Crippen LogP contribution in [-0.4, -0.2) is 12.5 Å². The van der Waals surface area contributed by atoms with Crippen LogP contribution in [0.1, 0.15) is 11.1 Å². The molecule has 0 radical (unpaired) electrons. The molecule has 1 aromatic heterocycles. The third-order valence-corrected chi connectivity index (χ3v) is 6.21. The molecule has 0 aliphatic rings. The van der Waals surface area contributed by atoms with Crippen molar-refractivity contribution >= 4 is 34.2 Å². The zero-order valence-electron chi connectivity index (χ0n) is 20.8. The molecule has 1 N–H and O–H groups in total. The maximum absolute atomic E-state index is 13.6. The molecule has 0 saturated carbocycles. The van der Waals surface area contributed by atoms with Gasteiger partial charge in [-0.1, -0.05) is 48.0 Å². The van der Waals surface area contributed by atoms with Crippen LogP contribution < -0.4 is 20.2 Å². The van der Waals surface area contributed by atoms with E-state index in [2.05, 4.69) is 5.32 Å². The maximum atomic E-state index is 13.6. The minimum Gasteiger partial charge on any atom is -0.476 e. The molecule has 4 aromatic carbocycles. The fourth-order valence-electron chi connectivity index (χ4n) is 4.19. The van der Waals surface area contributed by atoms with Crippen molar-refractivity contribution in [2.45, 2.75) is 13.8 Å². The van der Waals surface area contributed by atoms with E-state index in [0.29, 0.717) is 38.7 Å². The second kappa shape index (κ2) is 10.8. The van der Waals surface area contributed by atoms with Gasteiger partial charge < -0.3 is 19.2 Å². The minimum absolute atomic E-state index is 0.0701. The smallest absolute Gasteiger partial charge is 0.262 e. The van der Waals surface area contributed by atoms with Gasteiger partial charge in [0.1, 0.15) is 17.1 Å². The first-order valence-corrected chi connectivity index (χ1v) is 12.4. The second-order valence-electron chi connectivity index (χ2n) is 8.80. The van der Waals surface area contributed by atoms with Gasteiger partial charge in [-0.25, -0.2) is 0 Å². The van der Waals surface area contributed by atoms with Crippen molar-refractivity contribution < 1.29 is 18.7 Å². The van der Waals surface area contributed by atoms with E-state index in [-0.39, 0.29) is 16.9 Å². The number of nitrogens with one attached hydrogen (secondary N) is 1. The Morgan fingerprint density at radius 3 is 2.32 bits per heavy atom. The number of fused-ring (bicyclic) bond motifs is 1. The molecular formula is C31H24ClNO5. The van der Waals surface area contributed by atoms with Crippen LogP contribution >= 0.6 is 11.6 Å². The third kappa shape index (κ3) is 5.41. The lowest BCUT2D eigenvalue weighted by Gasteiger charge is -2.14. The molecule has 1 amide bonds. The van der Waals surface area contributed by atoms with Gasteiger partial charge in [0, 0.05) is 11.3 Å². The zero-order chi connectivity index (χ0) is 26.6. The van der Waals surface area contributed by atoms with Crippen LogP contribution in [0, 0.1) is 13.8 Å². The number of amides is 1. The highest BCUT2D eigenvalue weighted by Crippen LogP contribution is 2.36. The Hall–Kier alpha value is -4.55. The Balaban J connectivity index is 1.38. The highest BCUT2D eigenvalue weighted by Gasteiger charge is 2.21. The van der Waals surface area contributed by atoms with Gasteiger partial charge in [-0.3, -0.25) is 9.59 Å². The number of hydrogen-bond acceptors (Lipinski definition) is 5. The average Bonchev–Trinajstić information content (AvgIpc) is 2.89. The molecular weight excluding hydrogens is 502 g/mol. The zero-order valence-corrected chi connectivity index (χ0v) is 21.5. The van der Waals surface area contributed by atoms with E-state index < -0.39 is 12.5 Å². The van der Waals surface area contributed by atoms with Gasteiger partial charge in [-0.2, -0.15) is 0 Å². The molecule has 5 rings (SSSR count). The monoisotopic (exact) mass is 525 g/mol. The van der Waals surface area contributed by atoms with E-state index >= 15 is 0 Å². The number of halogens is 1. The van der Waals surface area contributed by atoms with E-state index in [0.717, 1.165) is 11.1 Å². The van der Waals surface area contributed by atoms with Gasteiger partial charge in [0.15, 0.2) is 12.4 Å². The lowest BCUT2D eigenvalue weighted by atomic mass is 10.0. The van der Waals surface area contributed by atoms with Gasteiger partial charge in [0.05, 0.1) is 10.4 Å². The number of rotatable bonds is 7. The molecule has 0 spiro atoms. The molecule has 6 nitrogen and oxygen atoms in total. The molecule has 0 bridgehead atoms. The number of ether oxygens (including phenoxy) is 2. The van der Waals surface area contributed by atoms with Crippen molar-refractivity contribution in [3.63, 3.8) is 0 Å². The maximum Gasteiger partial charge on any atom is 0.262 e. The van der Waals surface area contributed by atoms with Gasteiger partial charge in [-0.15, -0.1) is 0 Å². The Labute approximate surface area is 224 Å². The topological polar surface area (TPSA) is 77.8 Å². The van der Waals surface area contributed by atoms with Crippen LogP contribution in [0.4, 0.5) is 5.69 Å². The molecule has 5 aromatic rings. The number of para-hydroxylation sites is 1. The Kier molecular flexibility index (Phi) is 7.15. The average molecular weight is 526 g/mol. The van der Waals surface area contributed by atoms with Crippen LogP contribution in [0.15, 0.2) is 100 Å². The Morgan fingerprint density at radius 2 is 1.58 bits per heavy atom. The summed E-state index contributed by atoms with van der Waals surface area (Å²) < 4.78 is 17.7. The minimum atomic E-state index is -0.438. The molecule has 38 heavy (non-hydrogen) atoms. The molecule has 0 atom stereocenters.